The van der Waals surface area contributed by atoms with E-state index in [1.165, 1.54) is 12.4 Å². The third kappa shape index (κ3) is 3.17. The fourth-order valence-corrected chi connectivity index (χ4v) is 2.44. The van der Waals surface area contributed by atoms with Crippen molar-refractivity contribution in [2.24, 2.45) is 0 Å². The van der Waals surface area contributed by atoms with Gasteiger partial charge in [0.2, 0.25) is 0 Å². The van der Waals surface area contributed by atoms with E-state index in [2.05, 4.69) is 15.2 Å². The number of benzene rings is 1. The summed E-state index contributed by atoms with van der Waals surface area (Å²) in [6.07, 6.45) is 3.02. The number of carbonyl (C=O) groups is 1. The number of nitrogens with two attached hydrogens (primary N) is 1. The van der Waals surface area contributed by atoms with Crippen molar-refractivity contribution in [2.75, 3.05) is 42.3 Å². The summed E-state index contributed by atoms with van der Waals surface area (Å²) in [6, 6.07) is 9.36. The van der Waals surface area contributed by atoms with Crippen LogP contribution in [0.1, 0.15) is 10.4 Å². The molecule has 6 heteroatoms. The summed E-state index contributed by atoms with van der Waals surface area (Å²) in [5.74, 6) is -0.222. The Kier molecular flexibility index (Phi) is 4.20. The molecule has 1 aromatic carbocycles. The van der Waals surface area contributed by atoms with Crippen molar-refractivity contribution in [3.8, 4) is 0 Å². The molecule has 22 heavy (non-hydrogen) atoms. The summed E-state index contributed by atoms with van der Waals surface area (Å²) in [4.78, 5) is 18.5. The summed E-state index contributed by atoms with van der Waals surface area (Å²) in [5.41, 5.74) is 8.35. The smallest absolute Gasteiger partial charge is 0.257 e. The number of para-hydroxylation sites is 2. The fraction of sp³-hybridized carbons (Fsp3) is 0.250. The Balaban J connectivity index is 1.81. The average molecular weight is 298 g/mol. The largest absolute Gasteiger partial charge is 0.397 e. The maximum Gasteiger partial charge on any atom is 0.257 e. The number of rotatable bonds is 3. The molecule has 0 unspecified atom stereocenters. The van der Waals surface area contributed by atoms with Gasteiger partial charge >= 0.3 is 0 Å². The van der Waals surface area contributed by atoms with Crippen molar-refractivity contribution >= 4 is 23.0 Å². The molecule has 1 aromatic heterocycles. The minimum Gasteiger partial charge on any atom is -0.397 e. The first kappa shape index (κ1) is 14.3. The Morgan fingerprint density at radius 3 is 2.77 bits per heavy atom. The van der Waals surface area contributed by atoms with Crippen LogP contribution in [-0.4, -0.2) is 37.2 Å². The van der Waals surface area contributed by atoms with Crippen LogP contribution in [0.3, 0.4) is 0 Å². The highest BCUT2D eigenvalue weighted by atomic mass is 16.5. The summed E-state index contributed by atoms with van der Waals surface area (Å²) < 4.78 is 5.37. The molecular formula is C16H18N4O2. The van der Waals surface area contributed by atoms with E-state index in [4.69, 9.17) is 10.5 Å². The second-order valence-corrected chi connectivity index (χ2v) is 5.08. The number of pyridine rings is 1. The Morgan fingerprint density at radius 1 is 1.23 bits per heavy atom. The lowest BCUT2D eigenvalue weighted by molar-refractivity contribution is 0.102. The molecular weight excluding hydrogens is 280 g/mol. The first-order valence-corrected chi connectivity index (χ1v) is 7.17. The molecule has 0 atom stereocenters. The van der Waals surface area contributed by atoms with Crippen LogP contribution >= 0.6 is 0 Å². The molecule has 0 spiro atoms. The van der Waals surface area contributed by atoms with E-state index in [0.29, 0.717) is 24.5 Å². The molecule has 0 saturated carbocycles. The van der Waals surface area contributed by atoms with Crippen LogP contribution in [0.25, 0.3) is 0 Å². The van der Waals surface area contributed by atoms with E-state index in [9.17, 15) is 4.79 Å². The number of morpholine rings is 1. The van der Waals surface area contributed by atoms with Crippen molar-refractivity contribution in [3.63, 3.8) is 0 Å². The molecule has 6 nitrogen and oxygen atoms in total. The van der Waals surface area contributed by atoms with Crippen molar-refractivity contribution in [1.29, 1.82) is 0 Å². The van der Waals surface area contributed by atoms with Crippen LogP contribution < -0.4 is 16.0 Å². The summed E-state index contributed by atoms with van der Waals surface area (Å²) in [5, 5.41) is 2.93. The highest BCUT2D eigenvalue weighted by Crippen LogP contribution is 2.26. The number of hydrogen-bond acceptors (Lipinski definition) is 5. The van der Waals surface area contributed by atoms with Gasteiger partial charge in [-0.3, -0.25) is 9.78 Å². The molecule has 2 aromatic rings. The number of anilines is 3. The van der Waals surface area contributed by atoms with E-state index in [0.717, 1.165) is 24.5 Å². The van der Waals surface area contributed by atoms with Gasteiger partial charge < -0.3 is 20.7 Å². The second kappa shape index (κ2) is 6.44. The lowest BCUT2D eigenvalue weighted by atomic mass is 10.2. The van der Waals surface area contributed by atoms with Gasteiger partial charge in [0.15, 0.2) is 0 Å². The number of hydrogen-bond donors (Lipinski definition) is 2. The van der Waals surface area contributed by atoms with Crippen molar-refractivity contribution < 1.29 is 9.53 Å². The number of ether oxygens (including phenoxy) is 1. The quantitative estimate of drug-likeness (QED) is 0.902. The van der Waals surface area contributed by atoms with Crippen molar-refractivity contribution in [2.45, 2.75) is 0 Å². The van der Waals surface area contributed by atoms with Crippen LogP contribution in [0.5, 0.6) is 0 Å². The molecule has 0 aliphatic carbocycles. The molecule has 1 saturated heterocycles. The van der Waals surface area contributed by atoms with Crippen molar-refractivity contribution in [3.05, 3.63) is 48.3 Å². The number of nitrogens with zero attached hydrogens (tertiary/aromatic N) is 2. The van der Waals surface area contributed by atoms with Gasteiger partial charge in [0.05, 0.1) is 35.8 Å². The normalized spacial score (nSPS) is 14.6. The van der Waals surface area contributed by atoms with Gasteiger partial charge in [-0.1, -0.05) is 12.1 Å². The Hall–Kier alpha value is -2.60. The molecule has 1 amide bonds. The maximum absolute atomic E-state index is 12.4. The molecule has 3 rings (SSSR count). The predicted molar refractivity (Wildman–Crippen MR) is 86.1 cm³/mol. The molecule has 1 fully saturated rings. The fourth-order valence-electron chi connectivity index (χ4n) is 2.44. The van der Waals surface area contributed by atoms with Gasteiger partial charge in [0, 0.05) is 25.5 Å². The van der Waals surface area contributed by atoms with Gasteiger partial charge in [-0.2, -0.15) is 0 Å². The number of nitrogens with one attached hydrogen (secondary N) is 1. The standard InChI is InChI=1S/C16H18N4O2/c17-13-9-12(10-18-11-13)16(21)19-14-3-1-2-4-15(14)20-5-7-22-8-6-20/h1-4,9-11H,5-8,17H2,(H,19,21). The molecule has 3 N–H and O–H groups in total. The maximum atomic E-state index is 12.4. The molecule has 2 heterocycles. The lowest BCUT2D eigenvalue weighted by Crippen LogP contribution is -2.36. The van der Waals surface area contributed by atoms with Crippen LogP contribution in [0.4, 0.5) is 17.1 Å². The van der Waals surface area contributed by atoms with Gasteiger partial charge in [-0.05, 0) is 18.2 Å². The first-order valence-electron chi connectivity index (χ1n) is 7.17. The summed E-state index contributed by atoms with van der Waals surface area (Å²) in [6.45, 7) is 3.02. The Bertz CT molecular complexity index is 669. The number of carbonyl (C=O) groups excluding carboxylic acids is 1. The van der Waals surface area contributed by atoms with Crippen LogP contribution in [0.2, 0.25) is 0 Å². The lowest BCUT2D eigenvalue weighted by Gasteiger charge is -2.30. The molecule has 0 bridgehead atoms. The van der Waals surface area contributed by atoms with Gasteiger partial charge in [0.25, 0.3) is 5.91 Å². The summed E-state index contributed by atoms with van der Waals surface area (Å²) in [7, 11) is 0. The van der Waals surface area contributed by atoms with Gasteiger partial charge in [-0.25, -0.2) is 0 Å². The first-order chi connectivity index (χ1) is 10.7. The van der Waals surface area contributed by atoms with Crippen LogP contribution in [0.15, 0.2) is 42.7 Å². The zero-order valence-corrected chi connectivity index (χ0v) is 12.2. The molecule has 1 aliphatic rings. The molecule has 1 aliphatic heterocycles. The number of amides is 1. The van der Waals surface area contributed by atoms with E-state index >= 15 is 0 Å². The third-order valence-corrected chi connectivity index (χ3v) is 3.53. The topological polar surface area (TPSA) is 80.5 Å². The zero-order valence-electron chi connectivity index (χ0n) is 12.2. The highest BCUT2D eigenvalue weighted by Gasteiger charge is 2.16. The molecule has 0 radical (unpaired) electrons. The van der Waals surface area contributed by atoms with E-state index < -0.39 is 0 Å². The van der Waals surface area contributed by atoms with E-state index in [1.807, 2.05) is 24.3 Å². The van der Waals surface area contributed by atoms with Crippen LogP contribution in [0, 0.1) is 0 Å². The van der Waals surface area contributed by atoms with Crippen LogP contribution in [-0.2, 0) is 4.74 Å². The van der Waals surface area contributed by atoms with E-state index in [1.54, 1.807) is 6.07 Å². The average Bonchev–Trinajstić information content (AvgIpc) is 2.56. The number of aromatic nitrogens is 1. The minimum absolute atomic E-state index is 0.222. The van der Waals surface area contributed by atoms with E-state index in [-0.39, 0.29) is 5.91 Å². The van der Waals surface area contributed by atoms with Gasteiger partial charge in [-0.15, -0.1) is 0 Å². The van der Waals surface area contributed by atoms with Crippen molar-refractivity contribution in [1.82, 2.24) is 4.98 Å². The Labute approximate surface area is 128 Å². The zero-order chi connectivity index (χ0) is 15.4. The highest BCUT2D eigenvalue weighted by molar-refractivity contribution is 6.06. The monoisotopic (exact) mass is 298 g/mol. The minimum atomic E-state index is -0.222. The van der Waals surface area contributed by atoms with Gasteiger partial charge in [0.1, 0.15) is 0 Å². The number of nitrogen functional groups attached to an aromatic ring is 1. The second-order valence-electron chi connectivity index (χ2n) is 5.08. The molecule has 114 valence electrons. The third-order valence-electron chi connectivity index (χ3n) is 3.53. The Morgan fingerprint density at radius 2 is 2.00 bits per heavy atom. The predicted octanol–water partition coefficient (Wildman–Crippen LogP) is 1.75. The SMILES string of the molecule is Nc1cncc(C(=O)Nc2ccccc2N2CCOCC2)c1. The summed E-state index contributed by atoms with van der Waals surface area (Å²) >= 11 is 0.